The van der Waals surface area contributed by atoms with E-state index in [9.17, 15) is 14.3 Å². The van der Waals surface area contributed by atoms with Gasteiger partial charge in [-0.15, -0.1) is 0 Å². The summed E-state index contributed by atoms with van der Waals surface area (Å²) in [6.45, 7) is 2.53. The molecule has 1 aromatic rings. The number of carbonyl (C=O) groups is 1. The first-order chi connectivity index (χ1) is 7.13. The van der Waals surface area contributed by atoms with Gasteiger partial charge in [-0.05, 0) is 24.2 Å². The van der Waals surface area contributed by atoms with E-state index in [4.69, 9.17) is 0 Å². The molecule has 3 nitrogen and oxygen atoms in total. The van der Waals surface area contributed by atoms with Gasteiger partial charge in [-0.3, -0.25) is 0 Å². The number of aliphatic carboxylic acids is 1. The Balaban J connectivity index is 0.00000225. The van der Waals surface area contributed by atoms with Crippen LogP contribution in [0.1, 0.15) is 24.9 Å². The molecule has 0 saturated carbocycles. The van der Waals surface area contributed by atoms with Crippen molar-refractivity contribution in [3.63, 3.8) is 0 Å². The van der Waals surface area contributed by atoms with E-state index in [2.05, 4.69) is 5.32 Å². The Hall–Kier alpha value is -0.823. The largest absolute Gasteiger partial charge is 1.00 e. The fraction of sp³-hybridized carbons (Fsp3) is 0.364. The first kappa shape index (κ1) is 15.2. The van der Waals surface area contributed by atoms with Crippen LogP contribution in [0.4, 0.5) is 4.39 Å². The number of hydrogen-bond acceptors (Lipinski definition) is 3. The molecule has 0 aromatic heterocycles. The summed E-state index contributed by atoms with van der Waals surface area (Å²) in [6, 6.07) is 5.46. The molecule has 82 valence electrons. The predicted octanol–water partition coefficient (Wildman–Crippen LogP) is -2.38. The Morgan fingerprint density at radius 3 is 2.44 bits per heavy atom. The fourth-order valence-electron chi connectivity index (χ4n) is 1.42. The van der Waals surface area contributed by atoms with E-state index in [0.29, 0.717) is 6.54 Å². The standard InChI is InChI=1S/C11H14FNO2.Li/c1-2-13-10(7-11(14)15)8-3-5-9(12)6-4-8;/h3-6,10,13H,2,7H2,1H3,(H,14,15);/q;+1/p-1/t10-;/m1./s1. The molecule has 16 heavy (non-hydrogen) atoms. The Kier molecular flexibility index (Phi) is 7.07. The molecular weight excluding hydrogens is 204 g/mol. The number of halogens is 1. The number of nitrogens with one attached hydrogen (secondary N) is 1. The zero-order valence-corrected chi connectivity index (χ0v) is 9.50. The van der Waals surface area contributed by atoms with Gasteiger partial charge in [0.1, 0.15) is 5.82 Å². The van der Waals surface area contributed by atoms with Crippen molar-refractivity contribution in [1.29, 1.82) is 0 Å². The van der Waals surface area contributed by atoms with Gasteiger partial charge >= 0.3 is 18.9 Å². The number of carboxylic acids is 1. The molecule has 0 bridgehead atoms. The van der Waals surface area contributed by atoms with Gasteiger partial charge in [-0.2, -0.15) is 0 Å². The maximum Gasteiger partial charge on any atom is 1.00 e. The number of carboxylic acid groups (broad SMARTS) is 1. The minimum Gasteiger partial charge on any atom is -0.550 e. The second-order valence-electron chi connectivity index (χ2n) is 3.24. The van der Waals surface area contributed by atoms with Crippen molar-refractivity contribution in [3.05, 3.63) is 35.6 Å². The molecule has 0 aliphatic carbocycles. The van der Waals surface area contributed by atoms with Gasteiger partial charge in [0.05, 0.1) is 0 Å². The third-order valence-electron chi connectivity index (χ3n) is 2.09. The molecule has 0 aliphatic heterocycles. The van der Waals surface area contributed by atoms with Crippen LogP contribution < -0.4 is 29.3 Å². The second kappa shape index (κ2) is 7.45. The quantitative estimate of drug-likeness (QED) is 0.560. The Morgan fingerprint density at radius 2 is 2.00 bits per heavy atom. The van der Waals surface area contributed by atoms with Crippen molar-refractivity contribution in [1.82, 2.24) is 5.32 Å². The van der Waals surface area contributed by atoms with Crippen LogP contribution in [0.5, 0.6) is 0 Å². The SMILES string of the molecule is CCN[C@H](CC(=O)[O-])c1ccc(F)cc1.[Li+]. The fourth-order valence-corrected chi connectivity index (χ4v) is 1.42. The van der Waals surface area contributed by atoms with Gasteiger partial charge in [-0.1, -0.05) is 19.1 Å². The monoisotopic (exact) mass is 217 g/mol. The van der Waals surface area contributed by atoms with Crippen LogP contribution in [0.3, 0.4) is 0 Å². The zero-order chi connectivity index (χ0) is 11.3. The molecule has 5 heteroatoms. The van der Waals surface area contributed by atoms with Crippen molar-refractivity contribution in [2.75, 3.05) is 6.54 Å². The van der Waals surface area contributed by atoms with Gasteiger partial charge in [0.2, 0.25) is 0 Å². The maximum atomic E-state index is 12.6. The van der Waals surface area contributed by atoms with E-state index < -0.39 is 5.97 Å². The molecule has 0 unspecified atom stereocenters. The summed E-state index contributed by atoms with van der Waals surface area (Å²) in [4.78, 5) is 10.5. The molecule has 0 saturated heterocycles. The molecule has 0 aliphatic rings. The third-order valence-corrected chi connectivity index (χ3v) is 2.09. The van der Waals surface area contributed by atoms with E-state index in [1.165, 1.54) is 12.1 Å². The van der Waals surface area contributed by atoms with E-state index in [1.54, 1.807) is 12.1 Å². The van der Waals surface area contributed by atoms with E-state index in [-0.39, 0.29) is 37.1 Å². The van der Waals surface area contributed by atoms with E-state index in [1.807, 2.05) is 6.92 Å². The van der Waals surface area contributed by atoms with Gasteiger partial charge in [-0.25, -0.2) is 4.39 Å². The van der Waals surface area contributed by atoms with Crippen LogP contribution in [0.2, 0.25) is 0 Å². The third kappa shape index (κ3) is 4.80. The van der Waals surface area contributed by atoms with Crippen LogP contribution in [-0.4, -0.2) is 12.5 Å². The van der Waals surface area contributed by atoms with Crippen LogP contribution >= 0.6 is 0 Å². The van der Waals surface area contributed by atoms with Crippen molar-refractivity contribution < 1.29 is 33.2 Å². The molecule has 0 fully saturated rings. The number of rotatable bonds is 5. The van der Waals surface area contributed by atoms with Gasteiger partial charge in [0, 0.05) is 18.4 Å². The predicted molar refractivity (Wildman–Crippen MR) is 52.4 cm³/mol. The molecule has 1 rings (SSSR count). The van der Waals surface area contributed by atoms with Crippen LogP contribution in [0.15, 0.2) is 24.3 Å². The van der Waals surface area contributed by atoms with Crippen molar-refractivity contribution in [3.8, 4) is 0 Å². The average Bonchev–Trinajstić information content (AvgIpc) is 2.17. The van der Waals surface area contributed by atoms with Crippen LogP contribution in [0, 0.1) is 5.82 Å². The van der Waals surface area contributed by atoms with Crippen LogP contribution in [0.25, 0.3) is 0 Å². The summed E-state index contributed by atoms with van der Waals surface area (Å²) in [7, 11) is 0. The molecule has 0 heterocycles. The number of benzene rings is 1. The van der Waals surface area contributed by atoms with Crippen LogP contribution in [-0.2, 0) is 4.79 Å². The minimum atomic E-state index is -1.12. The minimum absolute atomic E-state index is 0. The van der Waals surface area contributed by atoms with Crippen molar-refractivity contribution >= 4 is 5.97 Å². The topological polar surface area (TPSA) is 52.2 Å². The molecule has 0 spiro atoms. The Labute approximate surface area is 106 Å². The van der Waals surface area contributed by atoms with E-state index >= 15 is 0 Å². The molecule has 0 amide bonds. The zero-order valence-electron chi connectivity index (χ0n) is 9.50. The van der Waals surface area contributed by atoms with Gasteiger partial charge in [0.15, 0.2) is 0 Å². The summed E-state index contributed by atoms with van der Waals surface area (Å²) in [5.41, 5.74) is 0.752. The first-order valence-electron chi connectivity index (χ1n) is 4.82. The summed E-state index contributed by atoms with van der Waals surface area (Å²) >= 11 is 0. The summed E-state index contributed by atoms with van der Waals surface area (Å²) < 4.78 is 12.6. The van der Waals surface area contributed by atoms with Crippen molar-refractivity contribution in [2.45, 2.75) is 19.4 Å². The Bertz CT molecular complexity index is 329. The van der Waals surface area contributed by atoms with E-state index in [0.717, 1.165) is 5.56 Å². The Morgan fingerprint density at radius 1 is 1.44 bits per heavy atom. The normalized spacial score (nSPS) is 11.6. The average molecular weight is 217 g/mol. The summed E-state index contributed by atoms with van der Waals surface area (Å²) in [5, 5.41) is 13.5. The molecule has 1 aromatic carbocycles. The number of hydrogen-bond donors (Lipinski definition) is 1. The smallest absolute Gasteiger partial charge is 0.550 e. The molecule has 0 radical (unpaired) electrons. The first-order valence-corrected chi connectivity index (χ1v) is 4.82. The molecular formula is C11H13FLiNO2. The molecule has 1 N–H and O–H groups in total. The van der Waals surface area contributed by atoms with Gasteiger partial charge in [0.25, 0.3) is 0 Å². The molecule has 1 atom stereocenters. The number of carbonyl (C=O) groups excluding carboxylic acids is 1. The maximum absolute atomic E-state index is 12.6. The van der Waals surface area contributed by atoms with Crippen molar-refractivity contribution in [2.24, 2.45) is 0 Å². The summed E-state index contributed by atoms with van der Waals surface area (Å²) in [6.07, 6.45) is -0.112. The summed E-state index contributed by atoms with van der Waals surface area (Å²) in [5.74, 6) is -1.45. The second-order valence-corrected chi connectivity index (χ2v) is 3.24. The van der Waals surface area contributed by atoms with Gasteiger partial charge < -0.3 is 15.2 Å².